The molecule has 0 aliphatic carbocycles. The molecule has 0 bridgehead atoms. The van der Waals surface area contributed by atoms with Gasteiger partial charge in [-0.1, -0.05) is 26.7 Å². The van der Waals surface area contributed by atoms with Gasteiger partial charge in [-0.05, 0) is 37.2 Å². The smallest absolute Gasteiger partial charge is 0.245 e. The number of carbonyl (C=O) groups excluding carboxylic acids is 2. The van der Waals surface area contributed by atoms with E-state index in [9.17, 15) is 9.59 Å². The summed E-state index contributed by atoms with van der Waals surface area (Å²) in [7, 11) is 0. The largest absolute Gasteiger partial charge is 0.343 e. The zero-order chi connectivity index (χ0) is 15.0. The van der Waals surface area contributed by atoms with Crippen LogP contribution < -0.4 is 5.32 Å². The number of thioether (sulfide) groups is 1. The highest BCUT2D eigenvalue weighted by atomic mass is 32.2. The first-order valence-corrected chi connectivity index (χ1v) is 9.01. The predicted octanol–water partition coefficient (Wildman–Crippen LogP) is 2.28. The second-order valence-electron chi connectivity index (χ2n) is 5.92. The number of amides is 2. The minimum atomic E-state index is -0.312. The van der Waals surface area contributed by atoms with Crippen LogP contribution in [0.25, 0.3) is 0 Å². The average molecular weight is 300 g/mol. The zero-order valence-electron chi connectivity index (χ0n) is 13.0. The first-order chi connectivity index (χ1) is 9.54. The van der Waals surface area contributed by atoms with Gasteiger partial charge in [0.2, 0.25) is 11.8 Å². The van der Waals surface area contributed by atoms with Gasteiger partial charge >= 0.3 is 0 Å². The number of nitrogens with zero attached hydrogens (tertiary/aromatic N) is 1. The topological polar surface area (TPSA) is 49.4 Å². The molecule has 1 fully saturated rings. The molecule has 2 amide bonds. The van der Waals surface area contributed by atoms with E-state index in [0.717, 1.165) is 25.8 Å². The molecule has 1 unspecified atom stereocenters. The third kappa shape index (κ3) is 6.16. The minimum absolute atomic E-state index is 0.0161. The van der Waals surface area contributed by atoms with Gasteiger partial charge in [0.15, 0.2) is 0 Å². The Kier molecular flexibility index (Phi) is 8.04. The van der Waals surface area contributed by atoms with Crippen molar-refractivity contribution in [2.75, 3.05) is 25.1 Å². The summed E-state index contributed by atoms with van der Waals surface area (Å²) in [6, 6.07) is -0.312. The summed E-state index contributed by atoms with van der Waals surface area (Å²) >= 11 is 1.88. The lowest BCUT2D eigenvalue weighted by Crippen LogP contribution is -2.58. The Hall–Kier alpha value is -0.710. The fourth-order valence-corrected chi connectivity index (χ4v) is 2.99. The van der Waals surface area contributed by atoms with Gasteiger partial charge < -0.3 is 10.2 Å². The Morgan fingerprint density at radius 2 is 1.95 bits per heavy atom. The molecule has 0 aromatic carbocycles. The Labute approximate surface area is 127 Å². The van der Waals surface area contributed by atoms with Crippen LogP contribution in [-0.4, -0.2) is 47.9 Å². The molecule has 1 aliphatic heterocycles. The van der Waals surface area contributed by atoms with Crippen LogP contribution in [0.15, 0.2) is 0 Å². The summed E-state index contributed by atoms with van der Waals surface area (Å²) in [5.41, 5.74) is 0. The number of rotatable bonds is 9. The molecule has 1 rings (SSSR count). The maximum Gasteiger partial charge on any atom is 0.245 e. The van der Waals surface area contributed by atoms with E-state index in [-0.39, 0.29) is 24.4 Å². The molecule has 0 aromatic rings. The quantitative estimate of drug-likeness (QED) is 0.665. The number of hydrogen-bond donors (Lipinski definition) is 1. The molecule has 4 nitrogen and oxygen atoms in total. The van der Waals surface area contributed by atoms with Crippen LogP contribution in [0.4, 0.5) is 0 Å². The third-order valence-electron chi connectivity index (χ3n) is 3.51. The first-order valence-electron chi connectivity index (χ1n) is 7.61. The van der Waals surface area contributed by atoms with Crippen molar-refractivity contribution in [3.05, 3.63) is 0 Å². The van der Waals surface area contributed by atoms with Crippen LogP contribution in [0, 0.1) is 5.92 Å². The van der Waals surface area contributed by atoms with Gasteiger partial charge in [-0.3, -0.25) is 9.59 Å². The van der Waals surface area contributed by atoms with Crippen molar-refractivity contribution in [1.82, 2.24) is 10.2 Å². The van der Waals surface area contributed by atoms with Crippen molar-refractivity contribution in [3.8, 4) is 0 Å². The molecule has 1 atom stereocenters. The molecule has 5 heteroatoms. The van der Waals surface area contributed by atoms with Crippen LogP contribution in [0.5, 0.6) is 0 Å². The van der Waals surface area contributed by atoms with Crippen molar-refractivity contribution in [3.63, 3.8) is 0 Å². The van der Waals surface area contributed by atoms with E-state index < -0.39 is 0 Å². The van der Waals surface area contributed by atoms with Crippen molar-refractivity contribution in [2.24, 2.45) is 5.92 Å². The highest BCUT2D eigenvalue weighted by Gasteiger charge is 2.32. The third-order valence-corrected chi connectivity index (χ3v) is 4.21. The van der Waals surface area contributed by atoms with E-state index in [1.807, 2.05) is 11.8 Å². The molecule has 20 heavy (non-hydrogen) atoms. The van der Waals surface area contributed by atoms with Crippen LogP contribution >= 0.6 is 11.8 Å². The Balaban J connectivity index is 2.32. The lowest BCUT2D eigenvalue weighted by atomic mass is 10.0. The Bertz CT molecular complexity index is 321. The molecule has 0 aromatic heterocycles. The van der Waals surface area contributed by atoms with Gasteiger partial charge in [0.1, 0.15) is 6.04 Å². The lowest BCUT2D eigenvalue weighted by molar-refractivity contribution is -0.144. The van der Waals surface area contributed by atoms with Crippen LogP contribution in [-0.2, 0) is 9.59 Å². The van der Waals surface area contributed by atoms with Crippen molar-refractivity contribution in [1.29, 1.82) is 0 Å². The summed E-state index contributed by atoms with van der Waals surface area (Å²) < 4.78 is 0. The zero-order valence-corrected chi connectivity index (χ0v) is 13.8. The van der Waals surface area contributed by atoms with E-state index in [0.29, 0.717) is 5.92 Å². The van der Waals surface area contributed by atoms with E-state index >= 15 is 0 Å². The molecular formula is C15H28N2O2S. The summed E-state index contributed by atoms with van der Waals surface area (Å²) in [6.07, 6.45) is 7.45. The van der Waals surface area contributed by atoms with Crippen LogP contribution in [0.2, 0.25) is 0 Å². The monoisotopic (exact) mass is 300 g/mol. The van der Waals surface area contributed by atoms with E-state index in [1.54, 1.807) is 4.90 Å². The van der Waals surface area contributed by atoms with Crippen LogP contribution in [0.1, 0.15) is 46.0 Å². The van der Waals surface area contributed by atoms with Gasteiger partial charge in [-0.15, -0.1) is 0 Å². The van der Waals surface area contributed by atoms with E-state index in [1.165, 1.54) is 18.6 Å². The summed E-state index contributed by atoms with van der Waals surface area (Å²) in [5.74, 6) is 1.71. The summed E-state index contributed by atoms with van der Waals surface area (Å²) in [4.78, 5) is 25.7. The molecule has 116 valence electrons. The molecular weight excluding hydrogens is 272 g/mol. The molecule has 1 saturated heterocycles. The number of carbonyl (C=O) groups is 2. The molecule has 1 aliphatic rings. The van der Waals surface area contributed by atoms with Gasteiger partial charge in [0.05, 0.1) is 6.54 Å². The fraction of sp³-hybridized carbons (Fsp3) is 0.867. The highest BCUT2D eigenvalue weighted by Crippen LogP contribution is 2.13. The summed E-state index contributed by atoms with van der Waals surface area (Å²) in [5, 5.41) is 2.81. The number of hydrogen-bond acceptors (Lipinski definition) is 3. The first kappa shape index (κ1) is 17.3. The summed E-state index contributed by atoms with van der Waals surface area (Å²) in [6.45, 7) is 5.10. The molecule has 1 heterocycles. The van der Waals surface area contributed by atoms with E-state index in [2.05, 4.69) is 25.4 Å². The van der Waals surface area contributed by atoms with Gasteiger partial charge in [-0.25, -0.2) is 0 Å². The minimum Gasteiger partial charge on any atom is -0.343 e. The Morgan fingerprint density at radius 1 is 1.25 bits per heavy atom. The van der Waals surface area contributed by atoms with Gasteiger partial charge in [-0.2, -0.15) is 11.8 Å². The molecule has 0 spiro atoms. The molecule has 0 radical (unpaired) electrons. The van der Waals surface area contributed by atoms with Gasteiger partial charge in [0, 0.05) is 6.54 Å². The normalized spacial score (nSPS) is 19.6. The number of unbranched alkanes of at least 4 members (excludes halogenated alkanes) is 3. The van der Waals surface area contributed by atoms with Crippen LogP contribution in [0.3, 0.4) is 0 Å². The fourth-order valence-electron chi connectivity index (χ4n) is 2.50. The highest BCUT2D eigenvalue weighted by molar-refractivity contribution is 7.98. The standard InChI is InChI=1S/C15H28N2O2S/c1-12(2)10-13-15(19)17(11-14(18)16-13)8-6-4-5-7-9-20-3/h12-13H,4-11H2,1-3H3,(H,16,18). The maximum absolute atomic E-state index is 12.3. The van der Waals surface area contributed by atoms with Crippen molar-refractivity contribution >= 4 is 23.6 Å². The Morgan fingerprint density at radius 3 is 2.60 bits per heavy atom. The second kappa shape index (κ2) is 9.27. The van der Waals surface area contributed by atoms with Crippen molar-refractivity contribution < 1.29 is 9.59 Å². The molecule has 1 N–H and O–H groups in total. The second-order valence-corrected chi connectivity index (χ2v) is 6.90. The predicted molar refractivity (Wildman–Crippen MR) is 84.8 cm³/mol. The van der Waals surface area contributed by atoms with Gasteiger partial charge in [0.25, 0.3) is 0 Å². The van der Waals surface area contributed by atoms with Crippen molar-refractivity contribution in [2.45, 2.75) is 52.0 Å². The average Bonchev–Trinajstić information content (AvgIpc) is 2.38. The SMILES string of the molecule is CSCCCCCCN1CC(=O)NC(CC(C)C)C1=O. The molecule has 0 saturated carbocycles. The number of piperazine rings is 1. The number of nitrogens with one attached hydrogen (secondary N) is 1. The lowest BCUT2D eigenvalue weighted by Gasteiger charge is -2.33. The maximum atomic E-state index is 12.3. The van der Waals surface area contributed by atoms with E-state index in [4.69, 9.17) is 0 Å².